The molecular formula is C18H29N5O. The lowest BCUT2D eigenvalue weighted by atomic mass is 9.83. The number of rotatable bonds is 4. The molecular weight excluding hydrogens is 302 g/mol. The largest absolute Gasteiger partial charge is 0.335 e. The molecule has 2 fully saturated rings. The first-order chi connectivity index (χ1) is 11.7. The second kappa shape index (κ2) is 6.73. The van der Waals surface area contributed by atoms with Crippen molar-refractivity contribution in [3.05, 3.63) is 11.6 Å². The lowest BCUT2D eigenvalue weighted by molar-refractivity contribution is 0.214. The van der Waals surface area contributed by atoms with Gasteiger partial charge < -0.3 is 10.6 Å². The number of hydrogen-bond acceptors (Lipinski definition) is 3. The molecule has 0 radical (unpaired) electrons. The van der Waals surface area contributed by atoms with Crippen LogP contribution in [-0.2, 0) is 13.0 Å². The van der Waals surface area contributed by atoms with E-state index in [2.05, 4.69) is 27.6 Å². The van der Waals surface area contributed by atoms with Crippen LogP contribution in [0.4, 0.5) is 4.79 Å². The van der Waals surface area contributed by atoms with E-state index in [0.29, 0.717) is 6.04 Å². The first-order valence-electron chi connectivity index (χ1n) is 9.73. The van der Waals surface area contributed by atoms with Gasteiger partial charge in [0.1, 0.15) is 5.82 Å². The van der Waals surface area contributed by atoms with Gasteiger partial charge in [-0.2, -0.15) is 5.10 Å². The Morgan fingerprint density at radius 3 is 2.79 bits per heavy atom. The van der Waals surface area contributed by atoms with E-state index in [9.17, 15) is 4.79 Å². The molecule has 132 valence electrons. The third-order valence-corrected chi connectivity index (χ3v) is 5.88. The molecule has 4 rings (SSSR count). The smallest absolute Gasteiger partial charge is 0.315 e. The Hall–Kier alpha value is -1.59. The summed E-state index contributed by atoms with van der Waals surface area (Å²) in [5.41, 5.74) is 0. The average molecular weight is 331 g/mol. The summed E-state index contributed by atoms with van der Waals surface area (Å²) in [6, 6.07) is 0.308. The molecule has 0 spiro atoms. The number of hydrogen-bond donors (Lipinski definition) is 2. The number of carbonyl (C=O) groups is 1. The van der Waals surface area contributed by atoms with E-state index < -0.39 is 0 Å². The number of carbonyl (C=O) groups excluding carboxylic acids is 1. The highest BCUT2D eigenvalue weighted by atomic mass is 16.2. The summed E-state index contributed by atoms with van der Waals surface area (Å²) in [6.45, 7) is 2.98. The van der Waals surface area contributed by atoms with Crippen LogP contribution < -0.4 is 10.6 Å². The molecule has 24 heavy (non-hydrogen) atoms. The maximum absolute atomic E-state index is 12.5. The average Bonchev–Trinajstić information content (AvgIpc) is 3.34. The van der Waals surface area contributed by atoms with E-state index >= 15 is 0 Å². The SMILES string of the molecule is CCc1nc2n(n1)CCC[C@@H]2NC(=O)N[C@@H]1CCC[C@@H](C2CC2)C1. The monoisotopic (exact) mass is 331 g/mol. The van der Waals surface area contributed by atoms with Crippen molar-refractivity contribution in [1.82, 2.24) is 25.4 Å². The van der Waals surface area contributed by atoms with E-state index in [1.807, 2.05) is 4.68 Å². The van der Waals surface area contributed by atoms with Crippen LogP contribution in [0.1, 0.15) is 76.0 Å². The van der Waals surface area contributed by atoms with Gasteiger partial charge in [-0.15, -0.1) is 0 Å². The first-order valence-corrected chi connectivity index (χ1v) is 9.73. The van der Waals surface area contributed by atoms with Gasteiger partial charge in [-0.3, -0.25) is 0 Å². The lowest BCUT2D eigenvalue weighted by Crippen LogP contribution is -2.46. The molecule has 3 aliphatic rings. The van der Waals surface area contributed by atoms with Crippen molar-refractivity contribution in [2.45, 2.75) is 83.3 Å². The minimum atomic E-state index is -0.0315. The number of urea groups is 1. The Labute approximate surface area is 143 Å². The second-order valence-corrected chi connectivity index (χ2v) is 7.74. The molecule has 1 aromatic heterocycles. The minimum Gasteiger partial charge on any atom is -0.335 e. The van der Waals surface area contributed by atoms with Crippen LogP contribution in [0.2, 0.25) is 0 Å². The van der Waals surface area contributed by atoms with Gasteiger partial charge in [0.05, 0.1) is 6.04 Å². The van der Waals surface area contributed by atoms with Crippen LogP contribution >= 0.6 is 0 Å². The molecule has 0 saturated heterocycles. The van der Waals surface area contributed by atoms with Gasteiger partial charge in [0.2, 0.25) is 0 Å². The van der Waals surface area contributed by atoms with Crippen molar-refractivity contribution >= 4 is 6.03 Å². The van der Waals surface area contributed by atoms with Crippen molar-refractivity contribution in [2.75, 3.05) is 0 Å². The predicted molar refractivity (Wildman–Crippen MR) is 91.5 cm³/mol. The van der Waals surface area contributed by atoms with Gasteiger partial charge in [0, 0.05) is 19.0 Å². The Morgan fingerprint density at radius 1 is 1.12 bits per heavy atom. The Balaban J connectivity index is 1.34. The van der Waals surface area contributed by atoms with Crippen LogP contribution in [0.5, 0.6) is 0 Å². The third kappa shape index (κ3) is 3.42. The highest BCUT2D eigenvalue weighted by Crippen LogP contribution is 2.43. The normalized spacial score (nSPS) is 29.8. The quantitative estimate of drug-likeness (QED) is 0.891. The van der Waals surface area contributed by atoms with Gasteiger partial charge in [-0.1, -0.05) is 19.8 Å². The summed E-state index contributed by atoms with van der Waals surface area (Å²) in [5, 5.41) is 10.9. The van der Waals surface area contributed by atoms with Crippen LogP contribution in [0.25, 0.3) is 0 Å². The number of fused-ring (bicyclic) bond motifs is 1. The van der Waals surface area contributed by atoms with E-state index in [4.69, 9.17) is 0 Å². The van der Waals surface area contributed by atoms with Crippen molar-refractivity contribution in [3.8, 4) is 0 Å². The second-order valence-electron chi connectivity index (χ2n) is 7.74. The van der Waals surface area contributed by atoms with Crippen LogP contribution in [0.15, 0.2) is 0 Å². The van der Waals surface area contributed by atoms with Crippen molar-refractivity contribution < 1.29 is 4.79 Å². The highest BCUT2D eigenvalue weighted by Gasteiger charge is 2.35. The molecule has 0 bridgehead atoms. The van der Waals surface area contributed by atoms with E-state index in [1.54, 1.807) is 0 Å². The Kier molecular flexibility index (Phi) is 4.46. The molecule has 6 heteroatoms. The van der Waals surface area contributed by atoms with Crippen molar-refractivity contribution in [3.63, 3.8) is 0 Å². The van der Waals surface area contributed by atoms with E-state index in [0.717, 1.165) is 55.7 Å². The maximum Gasteiger partial charge on any atom is 0.315 e. The molecule has 2 heterocycles. The first kappa shape index (κ1) is 15.9. The fourth-order valence-corrected chi connectivity index (χ4v) is 4.43. The number of amides is 2. The summed E-state index contributed by atoms with van der Waals surface area (Å²) >= 11 is 0. The standard InChI is InChI=1S/C18H29N5O/c1-2-16-21-17-15(7-4-10-23(17)22-16)20-18(24)19-14-6-3-5-13(11-14)12-8-9-12/h12-15H,2-11H2,1H3,(H2,19,20,24)/t13-,14-,15+/m1/s1. The van der Waals surface area contributed by atoms with Crippen molar-refractivity contribution in [1.29, 1.82) is 0 Å². The number of nitrogens with one attached hydrogen (secondary N) is 2. The molecule has 3 atom stereocenters. The predicted octanol–water partition coefficient (Wildman–Crippen LogP) is 2.94. The maximum atomic E-state index is 12.5. The van der Waals surface area contributed by atoms with Gasteiger partial charge in [0.15, 0.2) is 5.82 Å². The van der Waals surface area contributed by atoms with Gasteiger partial charge >= 0.3 is 6.03 Å². The summed E-state index contributed by atoms with van der Waals surface area (Å²) in [6.07, 6.45) is 10.5. The zero-order valence-electron chi connectivity index (χ0n) is 14.6. The van der Waals surface area contributed by atoms with Gasteiger partial charge in [-0.05, 0) is 50.4 Å². The fourth-order valence-electron chi connectivity index (χ4n) is 4.43. The van der Waals surface area contributed by atoms with Crippen LogP contribution in [0.3, 0.4) is 0 Å². The summed E-state index contributed by atoms with van der Waals surface area (Å²) < 4.78 is 1.97. The minimum absolute atomic E-state index is 0.00521. The number of aromatic nitrogens is 3. The highest BCUT2D eigenvalue weighted by molar-refractivity contribution is 5.74. The molecule has 2 saturated carbocycles. The zero-order chi connectivity index (χ0) is 16.5. The molecule has 6 nitrogen and oxygen atoms in total. The van der Waals surface area contributed by atoms with Gasteiger partial charge in [0.25, 0.3) is 0 Å². The molecule has 0 aromatic carbocycles. The molecule has 1 aromatic rings. The molecule has 0 unspecified atom stereocenters. The molecule has 2 amide bonds. The lowest BCUT2D eigenvalue weighted by Gasteiger charge is -2.31. The zero-order valence-corrected chi connectivity index (χ0v) is 14.6. The third-order valence-electron chi connectivity index (χ3n) is 5.88. The summed E-state index contributed by atoms with van der Waals surface area (Å²) in [5.74, 6) is 3.59. The Bertz CT molecular complexity index is 594. The van der Waals surface area contributed by atoms with E-state index in [1.165, 1.54) is 32.1 Å². The topological polar surface area (TPSA) is 71.8 Å². The molecule has 1 aliphatic heterocycles. The molecule has 2 N–H and O–H groups in total. The Morgan fingerprint density at radius 2 is 2.00 bits per heavy atom. The molecule has 2 aliphatic carbocycles. The number of nitrogens with zero attached hydrogens (tertiary/aromatic N) is 3. The van der Waals surface area contributed by atoms with Crippen molar-refractivity contribution in [2.24, 2.45) is 11.8 Å². The number of aryl methyl sites for hydroxylation is 2. The van der Waals surface area contributed by atoms with Crippen LogP contribution in [0, 0.1) is 11.8 Å². The summed E-state index contributed by atoms with van der Waals surface area (Å²) in [7, 11) is 0. The van der Waals surface area contributed by atoms with Crippen LogP contribution in [-0.4, -0.2) is 26.8 Å². The van der Waals surface area contributed by atoms with Gasteiger partial charge in [-0.25, -0.2) is 14.5 Å². The fraction of sp³-hybridized carbons (Fsp3) is 0.833. The van der Waals surface area contributed by atoms with E-state index in [-0.39, 0.29) is 12.1 Å². The summed E-state index contributed by atoms with van der Waals surface area (Å²) in [4.78, 5) is 17.1.